The van der Waals surface area contributed by atoms with Crippen molar-refractivity contribution in [1.82, 2.24) is 15.0 Å². The molecule has 7 aromatic rings. The molecule has 0 N–H and O–H groups in total. The number of para-hydroxylation sites is 3. The second-order valence-electron chi connectivity index (χ2n) is 21.5. The average molecular weight is 900 g/mol. The highest BCUT2D eigenvalue weighted by molar-refractivity contribution is 5.41. The zero-order valence-electron chi connectivity index (χ0n) is 43.4. The summed E-state index contributed by atoms with van der Waals surface area (Å²) in [6.45, 7) is 34.9. The van der Waals surface area contributed by atoms with E-state index in [9.17, 15) is 0 Å². The minimum absolute atomic E-state index is 0.0747. The summed E-state index contributed by atoms with van der Waals surface area (Å²) in [5.41, 5.74) is 9.07. The Morgan fingerprint density at radius 2 is 0.925 bits per heavy atom. The third kappa shape index (κ3) is 18.5. The maximum absolute atomic E-state index is 5.83. The molecule has 0 radical (unpaired) electrons. The molecular weight excluding hydrogens is 823 g/mol. The van der Waals surface area contributed by atoms with Crippen LogP contribution in [0.25, 0.3) is 0 Å². The van der Waals surface area contributed by atoms with Crippen LogP contribution in [0.15, 0.2) is 158 Å². The van der Waals surface area contributed by atoms with E-state index in [1.54, 1.807) is 6.20 Å². The zero-order valence-corrected chi connectivity index (χ0v) is 43.4. The first-order valence-corrected chi connectivity index (χ1v) is 23.6. The quantitative estimate of drug-likeness (QED) is 0.151. The minimum atomic E-state index is 0.0747. The van der Waals surface area contributed by atoms with Crippen LogP contribution >= 0.6 is 0 Å². The molecule has 0 amide bonds. The van der Waals surface area contributed by atoms with Crippen molar-refractivity contribution in [3.8, 4) is 34.6 Å². The Morgan fingerprint density at radius 3 is 1.33 bits per heavy atom. The third-order valence-corrected chi connectivity index (χ3v) is 10.6. The Bertz CT molecular complexity index is 2410. The van der Waals surface area contributed by atoms with E-state index in [4.69, 9.17) is 14.2 Å². The van der Waals surface area contributed by atoms with E-state index in [2.05, 4.69) is 149 Å². The van der Waals surface area contributed by atoms with E-state index < -0.39 is 0 Å². The van der Waals surface area contributed by atoms with Crippen molar-refractivity contribution in [3.63, 3.8) is 0 Å². The zero-order chi connectivity index (χ0) is 49.4. The predicted molar refractivity (Wildman–Crippen MR) is 282 cm³/mol. The van der Waals surface area contributed by atoms with Crippen LogP contribution in [0.1, 0.15) is 136 Å². The molecule has 0 fully saturated rings. The lowest BCUT2D eigenvalue weighted by atomic mass is 9.84. The largest absolute Gasteiger partial charge is 0.457 e. The summed E-state index contributed by atoms with van der Waals surface area (Å²) in [7, 11) is 0. The van der Waals surface area contributed by atoms with Crippen LogP contribution in [0, 0.1) is 19.8 Å². The number of aryl methyl sites for hydroxylation is 2. The van der Waals surface area contributed by atoms with Crippen LogP contribution in [0.3, 0.4) is 0 Å². The van der Waals surface area contributed by atoms with E-state index in [0.717, 1.165) is 46.6 Å². The molecule has 7 rings (SSSR count). The van der Waals surface area contributed by atoms with Gasteiger partial charge >= 0.3 is 0 Å². The maximum atomic E-state index is 5.83. The fourth-order valence-corrected chi connectivity index (χ4v) is 7.08. The molecule has 6 nitrogen and oxygen atoms in total. The number of hydrogen-bond acceptors (Lipinski definition) is 6. The van der Waals surface area contributed by atoms with Crippen LogP contribution in [0.2, 0.25) is 0 Å². The molecule has 0 atom stereocenters. The van der Waals surface area contributed by atoms with Gasteiger partial charge in [-0.05, 0) is 131 Å². The molecule has 0 spiro atoms. The van der Waals surface area contributed by atoms with Gasteiger partial charge < -0.3 is 14.2 Å². The van der Waals surface area contributed by atoms with E-state index in [-0.39, 0.29) is 21.7 Å². The number of pyridine rings is 3. The molecule has 67 heavy (non-hydrogen) atoms. The standard InChI is InChI=1S/C17H20O.C16H19NO.C15H17NO.C13H21N/c1-13-12-15(10-11-16(13)17(2,3)4)18-14-8-6-5-7-9-14;1-12-14(16(2,3)4)10-11-15(17-12)18-13-8-6-5-7-9-13;1-15(2,3)14-10-9-13(11-16-14)17-12-7-5-4-6-8-12;1-10(2)8-12-7-6-11(9-14-12)13(3,4)5/h5-12H,1-4H3;5-11H,1-4H3;4-11H,1-3H3;6-7,9-10H,8H2,1-5H3. The summed E-state index contributed by atoms with van der Waals surface area (Å²) in [6.07, 6.45) is 4.86. The van der Waals surface area contributed by atoms with Crippen LogP contribution in [-0.4, -0.2) is 15.0 Å². The number of benzene rings is 4. The maximum Gasteiger partial charge on any atom is 0.219 e. The molecule has 0 saturated heterocycles. The first-order chi connectivity index (χ1) is 31.4. The van der Waals surface area contributed by atoms with Gasteiger partial charge in [-0.2, -0.15) is 0 Å². The van der Waals surface area contributed by atoms with Gasteiger partial charge in [0, 0.05) is 34.8 Å². The number of aromatic nitrogens is 3. The fourth-order valence-electron chi connectivity index (χ4n) is 7.08. The van der Waals surface area contributed by atoms with E-state index >= 15 is 0 Å². The molecule has 3 aromatic heterocycles. The number of rotatable bonds is 8. The molecule has 354 valence electrons. The predicted octanol–water partition coefficient (Wildman–Crippen LogP) is 17.3. The van der Waals surface area contributed by atoms with Crippen molar-refractivity contribution >= 4 is 0 Å². The highest BCUT2D eigenvalue weighted by Gasteiger charge is 2.19. The molecule has 0 aliphatic heterocycles. The van der Waals surface area contributed by atoms with Crippen LogP contribution < -0.4 is 14.2 Å². The van der Waals surface area contributed by atoms with Gasteiger partial charge in [0.1, 0.15) is 28.7 Å². The van der Waals surface area contributed by atoms with E-state index in [0.29, 0.717) is 11.8 Å². The molecule has 0 saturated carbocycles. The SMILES string of the molecule is CC(C)(C)c1ccc(Oc2ccccc2)cn1.CC(C)Cc1ccc(C(C)(C)C)cn1.Cc1cc(Oc2ccccc2)ccc1C(C)(C)C.Cc1nc(Oc2ccccc2)ccc1C(C)(C)C. The molecule has 0 unspecified atom stereocenters. The number of hydrogen-bond donors (Lipinski definition) is 0. The Morgan fingerprint density at radius 1 is 0.433 bits per heavy atom. The van der Waals surface area contributed by atoms with Gasteiger partial charge in [0.25, 0.3) is 0 Å². The first kappa shape index (κ1) is 53.3. The van der Waals surface area contributed by atoms with E-state index in [1.807, 2.05) is 128 Å². The van der Waals surface area contributed by atoms with Gasteiger partial charge in [-0.15, -0.1) is 0 Å². The van der Waals surface area contributed by atoms with Gasteiger partial charge in [0.05, 0.1) is 6.20 Å². The van der Waals surface area contributed by atoms with Crippen molar-refractivity contribution in [1.29, 1.82) is 0 Å². The topological polar surface area (TPSA) is 66.4 Å². The lowest BCUT2D eigenvalue weighted by molar-refractivity contribution is 0.459. The Labute approximate surface area is 404 Å². The molecule has 4 aromatic carbocycles. The summed E-state index contributed by atoms with van der Waals surface area (Å²) in [5, 5.41) is 0. The summed E-state index contributed by atoms with van der Waals surface area (Å²) in [5.74, 6) is 5.51. The summed E-state index contributed by atoms with van der Waals surface area (Å²) >= 11 is 0. The van der Waals surface area contributed by atoms with Crippen LogP contribution in [0.4, 0.5) is 0 Å². The number of nitrogens with zero attached hydrogens (tertiary/aromatic N) is 3. The van der Waals surface area contributed by atoms with Gasteiger partial charge in [0.15, 0.2) is 0 Å². The Kier molecular flexibility index (Phi) is 19.1. The molecule has 0 bridgehead atoms. The van der Waals surface area contributed by atoms with E-state index in [1.165, 1.54) is 27.9 Å². The Balaban J connectivity index is 0.000000196. The van der Waals surface area contributed by atoms with Crippen molar-refractivity contribution in [2.45, 2.75) is 139 Å². The normalized spacial score (nSPS) is 11.5. The average Bonchev–Trinajstić information content (AvgIpc) is 3.24. The Hall–Kier alpha value is -6.27. The minimum Gasteiger partial charge on any atom is -0.457 e. The molecule has 3 heterocycles. The summed E-state index contributed by atoms with van der Waals surface area (Å²) < 4.78 is 17.2. The van der Waals surface area contributed by atoms with Crippen molar-refractivity contribution < 1.29 is 14.2 Å². The second-order valence-corrected chi connectivity index (χ2v) is 21.5. The second kappa shape index (κ2) is 24.0. The van der Waals surface area contributed by atoms with Crippen LogP contribution in [0.5, 0.6) is 34.6 Å². The van der Waals surface area contributed by atoms with Crippen molar-refractivity contribution in [2.75, 3.05) is 0 Å². The summed E-state index contributed by atoms with van der Waals surface area (Å²) in [6, 6.07) is 48.0. The molecular formula is C61H77N3O3. The van der Waals surface area contributed by atoms with Crippen LogP contribution in [-0.2, 0) is 28.1 Å². The van der Waals surface area contributed by atoms with Crippen molar-refractivity contribution in [3.05, 3.63) is 197 Å². The van der Waals surface area contributed by atoms with Gasteiger partial charge in [0.2, 0.25) is 5.88 Å². The lowest BCUT2D eigenvalue weighted by Crippen LogP contribution is -2.13. The van der Waals surface area contributed by atoms with Gasteiger partial charge in [-0.1, -0.05) is 170 Å². The fraction of sp³-hybridized carbons (Fsp3) is 0.361. The van der Waals surface area contributed by atoms with Gasteiger partial charge in [-0.25, -0.2) is 4.98 Å². The molecule has 0 aliphatic carbocycles. The third-order valence-electron chi connectivity index (χ3n) is 10.6. The molecule has 0 aliphatic rings. The molecule has 6 heteroatoms. The highest BCUT2D eigenvalue weighted by Crippen LogP contribution is 2.31. The lowest BCUT2D eigenvalue weighted by Gasteiger charge is -2.22. The smallest absolute Gasteiger partial charge is 0.219 e. The highest BCUT2D eigenvalue weighted by atomic mass is 16.5. The number of ether oxygens (including phenoxy) is 3. The van der Waals surface area contributed by atoms with Gasteiger partial charge in [-0.3, -0.25) is 9.97 Å². The monoisotopic (exact) mass is 900 g/mol. The summed E-state index contributed by atoms with van der Waals surface area (Å²) in [4.78, 5) is 13.4. The van der Waals surface area contributed by atoms with Crippen molar-refractivity contribution in [2.24, 2.45) is 5.92 Å². The first-order valence-electron chi connectivity index (χ1n) is 23.6.